The number of carbonyl (C=O) groups excluding carboxylic acids is 1. The predicted octanol–water partition coefficient (Wildman–Crippen LogP) is 1.66. The van der Waals surface area contributed by atoms with E-state index >= 15 is 0 Å². The second-order valence-corrected chi connectivity index (χ2v) is 7.56. The maximum atomic E-state index is 12.2. The minimum absolute atomic E-state index is 0.0163. The molecule has 1 heterocycles. The largest absolute Gasteiger partial charge is 0.393 e. The number of amides is 2. The zero-order valence-corrected chi connectivity index (χ0v) is 13.8. The van der Waals surface area contributed by atoms with Gasteiger partial charge in [-0.3, -0.25) is 0 Å². The van der Waals surface area contributed by atoms with Crippen LogP contribution in [0.3, 0.4) is 0 Å². The second-order valence-electron chi connectivity index (χ2n) is 7.56. The Labute approximate surface area is 134 Å². The highest BCUT2D eigenvalue weighted by Gasteiger charge is 2.34. The van der Waals surface area contributed by atoms with E-state index in [-0.39, 0.29) is 18.1 Å². The molecule has 5 heteroatoms. The van der Waals surface area contributed by atoms with Gasteiger partial charge in [0.2, 0.25) is 0 Å². The Hall–Kier alpha value is -0.810. The molecule has 3 aliphatic rings. The maximum absolute atomic E-state index is 12.2. The van der Waals surface area contributed by atoms with Gasteiger partial charge in [0, 0.05) is 38.6 Å². The molecular weight excluding hydrogens is 278 g/mol. The molecule has 2 N–H and O–H groups in total. The molecule has 1 saturated heterocycles. The lowest BCUT2D eigenvalue weighted by atomic mass is 9.86. The number of hydrogen-bond donors (Lipinski definition) is 2. The Bertz CT molecular complexity index is 386. The van der Waals surface area contributed by atoms with E-state index in [9.17, 15) is 9.90 Å². The van der Waals surface area contributed by atoms with Crippen molar-refractivity contribution in [2.24, 2.45) is 11.8 Å². The molecule has 0 aromatic heterocycles. The minimum atomic E-state index is -0.231. The number of aliphatic hydroxyl groups excluding tert-OH is 1. The maximum Gasteiger partial charge on any atom is 0.317 e. The number of rotatable bonds is 5. The summed E-state index contributed by atoms with van der Waals surface area (Å²) in [6.07, 6.45) is 7.93. The predicted molar refractivity (Wildman–Crippen MR) is 86.7 cm³/mol. The molecule has 5 nitrogen and oxygen atoms in total. The van der Waals surface area contributed by atoms with Gasteiger partial charge in [0.25, 0.3) is 0 Å². The third-order valence-corrected chi connectivity index (χ3v) is 5.65. The lowest BCUT2D eigenvalue weighted by molar-refractivity contribution is 0.0564. The third kappa shape index (κ3) is 4.13. The van der Waals surface area contributed by atoms with Gasteiger partial charge in [-0.2, -0.15) is 0 Å². The monoisotopic (exact) mass is 309 g/mol. The van der Waals surface area contributed by atoms with E-state index in [0.29, 0.717) is 12.5 Å². The molecule has 1 aliphatic heterocycles. The molecule has 2 saturated carbocycles. The molecular formula is C17H31N3O2. The van der Waals surface area contributed by atoms with Crippen molar-refractivity contribution in [3.05, 3.63) is 0 Å². The van der Waals surface area contributed by atoms with E-state index in [1.54, 1.807) is 4.90 Å². The number of nitrogens with one attached hydrogen (secondary N) is 1. The molecule has 2 aliphatic carbocycles. The van der Waals surface area contributed by atoms with Crippen LogP contribution in [-0.4, -0.2) is 66.3 Å². The molecule has 0 bridgehead atoms. The van der Waals surface area contributed by atoms with Gasteiger partial charge >= 0.3 is 6.03 Å². The zero-order valence-electron chi connectivity index (χ0n) is 13.8. The van der Waals surface area contributed by atoms with Crippen molar-refractivity contribution in [3.8, 4) is 0 Å². The van der Waals surface area contributed by atoms with Crippen molar-refractivity contribution in [1.82, 2.24) is 15.1 Å². The Morgan fingerprint density at radius 1 is 1.23 bits per heavy atom. The fourth-order valence-corrected chi connectivity index (χ4v) is 4.00. The molecule has 3 atom stereocenters. The summed E-state index contributed by atoms with van der Waals surface area (Å²) in [6, 6.07) is 0.860. The van der Waals surface area contributed by atoms with Crippen LogP contribution in [0.25, 0.3) is 0 Å². The minimum Gasteiger partial charge on any atom is -0.393 e. The molecule has 3 fully saturated rings. The third-order valence-electron chi connectivity index (χ3n) is 5.65. The number of urea groups is 1. The van der Waals surface area contributed by atoms with Crippen LogP contribution in [0.15, 0.2) is 0 Å². The Morgan fingerprint density at radius 3 is 2.73 bits per heavy atom. The fourth-order valence-electron chi connectivity index (χ4n) is 4.00. The number of hydrogen-bond acceptors (Lipinski definition) is 3. The van der Waals surface area contributed by atoms with Gasteiger partial charge in [0.1, 0.15) is 0 Å². The topological polar surface area (TPSA) is 55.8 Å². The molecule has 0 aromatic rings. The van der Waals surface area contributed by atoms with Gasteiger partial charge in [0.15, 0.2) is 0 Å². The van der Waals surface area contributed by atoms with Crippen LogP contribution in [0.2, 0.25) is 0 Å². The second kappa shape index (κ2) is 7.18. The lowest BCUT2D eigenvalue weighted by Gasteiger charge is -2.31. The number of aliphatic hydroxyl groups is 1. The molecule has 0 aromatic carbocycles. The van der Waals surface area contributed by atoms with Crippen LogP contribution >= 0.6 is 0 Å². The number of carbonyl (C=O) groups is 1. The highest BCUT2D eigenvalue weighted by molar-refractivity contribution is 5.73. The first kappa shape index (κ1) is 16.1. The van der Waals surface area contributed by atoms with Crippen LogP contribution in [0.1, 0.15) is 44.9 Å². The molecule has 0 radical (unpaired) electrons. The molecule has 3 rings (SSSR count). The molecule has 0 unspecified atom stereocenters. The van der Waals surface area contributed by atoms with Gasteiger partial charge < -0.3 is 20.2 Å². The summed E-state index contributed by atoms with van der Waals surface area (Å²) in [4.78, 5) is 16.6. The highest BCUT2D eigenvalue weighted by atomic mass is 16.3. The Morgan fingerprint density at radius 2 is 2.00 bits per heavy atom. The van der Waals surface area contributed by atoms with Crippen molar-refractivity contribution < 1.29 is 9.90 Å². The van der Waals surface area contributed by atoms with Crippen molar-refractivity contribution in [2.45, 2.75) is 57.1 Å². The summed E-state index contributed by atoms with van der Waals surface area (Å²) in [6.45, 7) is 3.82. The first-order chi connectivity index (χ1) is 10.6. The van der Waals surface area contributed by atoms with Crippen molar-refractivity contribution >= 4 is 6.03 Å². The Balaban J connectivity index is 1.36. The quantitative estimate of drug-likeness (QED) is 0.812. The van der Waals surface area contributed by atoms with Gasteiger partial charge in [-0.15, -0.1) is 0 Å². The zero-order chi connectivity index (χ0) is 15.5. The van der Waals surface area contributed by atoms with E-state index in [1.165, 1.54) is 32.2 Å². The summed E-state index contributed by atoms with van der Waals surface area (Å²) < 4.78 is 0. The molecule has 2 amide bonds. The van der Waals surface area contributed by atoms with Crippen molar-refractivity contribution in [3.63, 3.8) is 0 Å². The van der Waals surface area contributed by atoms with Crippen LogP contribution in [-0.2, 0) is 0 Å². The first-order valence-electron chi connectivity index (χ1n) is 9.04. The van der Waals surface area contributed by atoms with Gasteiger partial charge in [-0.1, -0.05) is 12.8 Å². The van der Waals surface area contributed by atoms with Crippen molar-refractivity contribution in [2.75, 3.05) is 33.2 Å². The van der Waals surface area contributed by atoms with Crippen LogP contribution in [0.4, 0.5) is 4.79 Å². The number of nitrogens with zero attached hydrogens (tertiary/aromatic N) is 2. The van der Waals surface area contributed by atoms with E-state index < -0.39 is 0 Å². The van der Waals surface area contributed by atoms with Gasteiger partial charge in [-0.25, -0.2) is 4.79 Å². The standard InChI is InChI=1S/C17H31N3O2/c1-19(12-14-4-2-3-5-16(14)21)17(22)18-10-13-8-9-20(11-13)15-6-7-15/h13-16,21H,2-12H2,1H3,(H,18,22)/t13-,14-,16-/m0/s1. The smallest absolute Gasteiger partial charge is 0.317 e. The fraction of sp³-hybridized carbons (Fsp3) is 0.941. The van der Waals surface area contributed by atoms with Crippen molar-refractivity contribution in [1.29, 1.82) is 0 Å². The summed E-state index contributed by atoms with van der Waals surface area (Å²) in [7, 11) is 1.85. The normalized spacial score (nSPS) is 32.9. The first-order valence-corrected chi connectivity index (χ1v) is 9.04. The van der Waals surface area contributed by atoms with Crippen LogP contribution in [0, 0.1) is 11.8 Å². The average Bonchev–Trinajstić information content (AvgIpc) is 3.26. The summed E-state index contributed by atoms with van der Waals surface area (Å²) in [5.74, 6) is 0.861. The average molecular weight is 309 g/mol. The van der Waals surface area contributed by atoms with E-state index in [0.717, 1.165) is 38.4 Å². The number of likely N-dealkylation sites (tertiary alicyclic amines) is 1. The van der Waals surface area contributed by atoms with E-state index in [2.05, 4.69) is 10.2 Å². The van der Waals surface area contributed by atoms with Crippen LogP contribution < -0.4 is 5.32 Å². The summed E-state index contributed by atoms with van der Waals surface area (Å²) >= 11 is 0. The molecule has 22 heavy (non-hydrogen) atoms. The molecule has 0 spiro atoms. The van der Waals surface area contributed by atoms with Gasteiger partial charge in [0.05, 0.1) is 6.10 Å². The lowest BCUT2D eigenvalue weighted by Crippen LogP contribution is -2.44. The molecule has 126 valence electrons. The van der Waals surface area contributed by atoms with E-state index in [1.807, 2.05) is 7.05 Å². The van der Waals surface area contributed by atoms with Gasteiger partial charge in [-0.05, 0) is 44.6 Å². The summed E-state index contributed by atoms with van der Waals surface area (Å²) in [5, 5.41) is 13.1. The highest BCUT2D eigenvalue weighted by Crippen LogP contribution is 2.31. The van der Waals surface area contributed by atoms with E-state index in [4.69, 9.17) is 0 Å². The summed E-state index contributed by atoms with van der Waals surface area (Å²) in [5.41, 5.74) is 0. The van der Waals surface area contributed by atoms with Crippen LogP contribution in [0.5, 0.6) is 0 Å². The Kier molecular flexibility index (Phi) is 5.24. The SMILES string of the molecule is CN(C[C@@H]1CCCC[C@@H]1O)C(=O)NC[C@@H]1CCN(C2CC2)C1.